The van der Waals surface area contributed by atoms with E-state index in [2.05, 4.69) is 31.7 Å². The maximum absolute atomic E-state index is 2.60. The lowest BCUT2D eigenvalue weighted by molar-refractivity contribution is 0.194. The summed E-state index contributed by atoms with van der Waals surface area (Å²) in [7, 11) is 0. The molecule has 0 spiro atoms. The van der Waals surface area contributed by atoms with E-state index in [0.29, 0.717) is 0 Å². The van der Waals surface area contributed by atoms with Crippen LogP contribution in [0.5, 0.6) is 0 Å². The second kappa shape index (κ2) is 5.43. The molecule has 0 bridgehead atoms. The fourth-order valence-corrected chi connectivity index (χ4v) is 1.76. The van der Waals surface area contributed by atoms with Crippen LogP contribution in [0.3, 0.4) is 0 Å². The molecule has 0 aromatic rings. The standard InChI is InChI=1S/C12H23N/c1-4-11(2)5-8-13-9-6-12(3)7-10-13/h4,12H,5-10H2,1-3H3/b11-4+. The van der Waals surface area contributed by atoms with Gasteiger partial charge in [-0.2, -0.15) is 0 Å². The van der Waals surface area contributed by atoms with E-state index in [1.54, 1.807) is 0 Å². The Morgan fingerprint density at radius 1 is 1.38 bits per heavy atom. The van der Waals surface area contributed by atoms with Crippen LogP contribution in [-0.2, 0) is 0 Å². The summed E-state index contributed by atoms with van der Waals surface area (Å²) in [4.78, 5) is 2.60. The predicted octanol–water partition coefficient (Wildman–Crippen LogP) is 3.07. The van der Waals surface area contributed by atoms with E-state index >= 15 is 0 Å². The van der Waals surface area contributed by atoms with Gasteiger partial charge in [-0.25, -0.2) is 0 Å². The molecule has 1 nitrogen and oxygen atoms in total. The van der Waals surface area contributed by atoms with Crippen molar-refractivity contribution < 1.29 is 0 Å². The van der Waals surface area contributed by atoms with Gasteiger partial charge in [-0.1, -0.05) is 18.6 Å². The second-order valence-electron chi connectivity index (χ2n) is 4.41. The van der Waals surface area contributed by atoms with Gasteiger partial charge in [-0.05, 0) is 52.1 Å². The first-order valence-corrected chi connectivity index (χ1v) is 5.56. The summed E-state index contributed by atoms with van der Waals surface area (Å²) in [6.07, 6.45) is 6.28. The quantitative estimate of drug-likeness (QED) is 0.605. The van der Waals surface area contributed by atoms with Gasteiger partial charge in [0.05, 0.1) is 0 Å². The number of piperidine rings is 1. The summed E-state index contributed by atoms with van der Waals surface area (Å²) in [5.41, 5.74) is 1.53. The highest BCUT2D eigenvalue weighted by atomic mass is 15.1. The van der Waals surface area contributed by atoms with Crippen LogP contribution in [0.2, 0.25) is 0 Å². The van der Waals surface area contributed by atoms with Crippen molar-refractivity contribution in [2.24, 2.45) is 5.92 Å². The summed E-state index contributed by atoms with van der Waals surface area (Å²) < 4.78 is 0. The van der Waals surface area contributed by atoms with Gasteiger partial charge in [-0.15, -0.1) is 0 Å². The van der Waals surface area contributed by atoms with Crippen LogP contribution in [0, 0.1) is 5.92 Å². The van der Waals surface area contributed by atoms with Gasteiger partial charge < -0.3 is 4.90 Å². The number of rotatable bonds is 3. The zero-order valence-corrected chi connectivity index (χ0v) is 9.34. The first-order chi connectivity index (χ1) is 6.22. The third kappa shape index (κ3) is 3.95. The van der Waals surface area contributed by atoms with Crippen molar-refractivity contribution in [1.82, 2.24) is 4.90 Å². The molecule has 76 valence electrons. The fourth-order valence-electron chi connectivity index (χ4n) is 1.76. The van der Waals surface area contributed by atoms with E-state index < -0.39 is 0 Å². The molecule has 0 saturated carbocycles. The lowest BCUT2D eigenvalue weighted by atomic mass is 9.99. The van der Waals surface area contributed by atoms with Crippen LogP contribution < -0.4 is 0 Å². The Bertz CT molecular complexity index is 164. The molecule has 1 aliphatic heterocycles. The molecule has 0 unspecified atom stereocenters. The summed E-state index contributed by atoms with van der Waals surface area (Å²) in [5.74, 6) is 0.957. The molecule has 1 saturated heterocycles. The predicted molar refractivity (Wildman–Crippen MR) is 58.9 cm³/mol. The summed E-state index contributed by atoms with van der Waals surface area (Å²) in [6, 6.07) is 0. The van der Waals surface area contributed by atoms with Crippen molar-refractivity contribution in [2.45, 2.75) is 40.0 Å². The third-order valence-electron chi connectivity index (χ3n) is 3.19. The number of hydrogen-bond donors (Lipinski definition) is 0. The monoisotopic (exact) mass is 181 g/mol. The first-order valence-electron chi connectivity index (χ1n) is 5.56. The maximum Gasteiger partial charge on any atom is 0.00185 e. The van der Waals surface area contributed by atoms with Gasteiger partial charge in [-0.3, -0.25) is 0 Å². The number of nitrogens with zero attached hydrogens (tertiary/aromatic N) is 1. The van der Waals surface area contributed by atoms with Crippen molar-refractivity contribution >= 4 is 0 Å². The van der Waals surface area contributed by atoms with Crippen LogP contribution in [0.15, 0.2) is 11.6 Å². The molecule has 0 aliphatic carbocycles. The molecule has 0 aromatic carbocycles. The minimum Gasteiger partial charge on any atom is -0.303 e. The largest absolute Gasteiger partial charge is 0.303 e. The SMILES string of the molecule is C/C=C(\C)CCN1CCC(C)CC1. The van der Waals surface area contributed by atoms with Crippen LogP contribution in [0.4, 0.5) is 0 Å². The van der Waals surface area contributed by atoms with Crippen molar-refractivity contribution in [3.8, 4) is 0 Å². The first kappa shape index (κ1) is 10.8. The Kier molecular flexibility index (Phi) is 4.51. The average Bonchev–Trinajstić information content (AvgIpc) is 2.16. The summed E-state index contributed by atoms with van der Waals surface area (Å²) in [5, 5.41) is 0. The van der Waals surface area contributed by atoms with Crippen LogP contribution in [-0.4, -0.2) is 24.5 Å². The van der Waals surface area contributed by atoms with Crippen LogP contribution >= 0.6 is 0 Å². The zero-order valence-electron chi connectivity index (χ0n) is 9.34. The summed E-state index contributed by atoms with van der Waals surface area (Å²) >= 11 is 0. The van der Waals surface area contributed by atoms with E-state index in [4.69, 9.17) is 0 Å². The van der Waals surface area contributed by atoms with Crippen LogP contribution in [0.25, 0.3) is 0 Å². The van der Waals surface area contributed by atoms with Gasteiger partial charge in [0, 0.05) is 6.54 Å². The fraction of sp³-hybridized carbons (Fsp3) is 0.833. The van der Waals surface area contributed by atoms with Gasteiger partial charge in [0.15, 0.2) is 0 Å². The molecular formula is C12H23N. The average molecular weight is 181 g/mol. The van der Waals surface area contributed by atoms with Crippen molar-refractivity contribution in [3.63, 3.8) is 0 Å². The van der Waals surface area contributed by atoms with Crippen molar-refractivity contribution in [3.05, 3.63) is 11.6 Å². The minimum absolute atomic E-state index is 0.957. The highest BCUT2D eigenvalue weighted by Gasteiger charge is 2.14. The van der Waals surface area contributed by atoms with E-state index in [1.807, 2.05) is 0 Å². The normalized spacial score (nSPS) is 22.2. The molecule has 0 amide bonds. The topological polar surface area (TPSA) is 3.24 Å². The van der Waals surface area contributed by atoms with Gasteiger partial charge in [0.25, 0.3) is 0 Å². The molecule has 1 rings (SSSR count). The third-order valence-corrected chi connectivity index (χ3v) is 3.19. The Morgan fingerprint density at radius 3 is 2.54 bits per heavy atom. The molecule has 1 heteroatoms. The number of likely N-dealkylation sites (tertiary alicyclic amines) is 1. The Labute approximate surface area is 82.8 Å². The Morgan fingerprint density at radius 2 is 2.00 bits per heavy atom. The Hall–Kier alpha value is -0.300. The van der Waals surface area contributed by atoms with Crippen molar-refractivity contribution in [2.75, 3.05) is 19.6 Å². The van der Waals surface area contributed by atoms with Gasteiger partial charge in [0.2, 0.25) is 0 Å². The lowest BCUT2D eigenvalue weighted by Gasteiger charge is -2.30. The van der Waals surface area contributed by atoms with Gasteiger partial charge >= 0.3 is 0 Å². The molecule has 1 fully saturated rings. The lowest BCUT2D eigenvalue weighted by Crippen LogP contribution is -2.33. The van der Waals surface area contributed by atoms with E-state index in [1.165, 1.54) is 44.5 Å². The molecular weight excluding hydrogens is 158 g/mol. The smallest absolute Gasteiger partial charge is 0.00185 e. The molecule has 0 radical (unpaired) electrons. The molecule has 1 aliphatic rings. The second-order valence-corrected chi connectivity index (χ2v) is 4.41. The maximum atomic E-state index is 2.60. The minimum atomic E-state index is 0.957. The van der Waals surface area contributed by atoms with Crippen LogP contribution in [0.1, 0.15) is 40.0 Å². The number of allylic oxidation sites excluding steroid dienone is 1. The molecule has 0 aromatic heterocycles. The Balaban J connectivity index is 2.16. The number of hydrogen-bond acceptors (Lipinski definition) is 1. The zero-order chi connectivity index (χ0) is 9.68. The summed E-state index contributed by atoms with van der Waals surface area (Å²) in [6.45, 7) is 10.6. The molecule has 0 atom stereocenters. The van der Waals surface area contributed by atoms with Crippen molar-refractivity contribution in [1.29, 1.82) is 0 Å². The molecule has 13 heavy (non-hydrogen) atoms. The highest BCUT2D eigenvalue weighted by molar-refractivity contribution is 4.96. The van der Waals surface area contributed by atoms with E-state index in [0.717, 1.165) is 5.92 Å². The van der Waals surface area contributed by atoms with E-state index in [9.17, 15) is 0 Å². The van der Waals surface area contributed by atoms with Gasteiger partial charge in [0.1, 0.15) is 0 Å². The highest BCUT2D eigenvalue weighted by Crippen LogP contribution is 2.16. The molecule has 1 heterocycles. The van der Waals surface area contributed by atoms with E-state index in [-0.39, 0.29) is 0 Å². The molecule has 0 N–H and O–H groups in total.